The predicted octanol–water partition coefficient (Wildman–Crippen LogP) is 4.68. The van der Waals surface area contributed by atoms with E-state index in [1.165, 1.54) is 0 Å². The molecule has 0 radical (unpaired) electrons. The van der Waals surface area contributed by atoms with Crippen molar-refractivity contribution in [1.82, 2.24) is 0 Å². The molecule has 0 saturated heterocycles. The Hall–Kier alpha value is -2.82. The van der Waals surface area contributed by atoms with Gasteiger partial charge in [0.25, 0.3) is 5.91 Å². The highest BCUT2D eigenvalue weighted by Crippen LogP contribution is 2.16. The van der Waals surface area contributed by atoms with Gasteiger partial charge in [0.15, 0.2) is 0 Å². The van der Waals surface area contributed by atoms with E-state index >= 15 is 0 Å². The van der Waals surface area contributed by atoms with Crippen LogP contribution < -0.4 is 10.1 Å². The Labute approximate surface area is 154 Å². The van der Waals surface area contributed by atoms with Gasteiger partial charge in [-0.2, -0.15) is 0 Å². The fraction of sp³-hybridized carbons (Fsp3) is 0.333. The molecule has 0 fully saturated rings. The maximum atomic E-state index is 12.4. The van der Waals surface area contributed by atoms with Crippen molar-refractivity contribution in [1.29, 1.82) is 0 Å². The molecule has 0 aromatic heterocycles. The smallest absolute Gasteiger partial charge is 0.338 e. The molecule has 2 rings (SSSR count). The molecule has 0 aliphatic carbocycles. The minimum absolute atomic E-state index is 0.246. The molecule has 1 amide bonds. The molecule has 138 valence electrons. The highest BCUT2D eigenvalue weighted by atomic mass is 16.5. The van der Waals surface area contributed by atoms with Gasteiger partial charge in [-0.05, 0) is 55.3 Å². The maximum absolute atomic E-state index is 12.4. The quantitative estimate of drug-likeness (QED) is 0.524. The van der Waals surface area contributed by atoms with Crippen LogP contribution >= 0.6 is 0 Å². The number of anilines is 1. The van der Waals surface area contributed by atoms with Crippen molar-refractivity contribution in [2.75, 3.05) is 18.5 Å². The standard InChI is InChI=1S/C21H25NO4/c1-3-5-14-25-19-11-9-16(10-12-19)20(23)22-18-8-6-7-17(15-18)21(24)26-13-4-2/h6-12,15H,3-5,13-14H2,1-2H3,(H,22,23). The lowest BCUT2D eigenvalue weighted by molar-refractivity contribution is 0.0505. The van der Waals surface area contributed by atoms with Crippen LogP contribution in [0.2, 0.25) is 0 Å². The molecule has 5 heteroatoms. The normalized spacial score (nSPS) is 10.2. The number of nitrogens with one attached hydrogen (secondary N) is 1. The SMILES string of the molecule is CCCCOc1ccc(C(=O)Nc2cccc(C(=O)OCCC)c2)cc1. The highest BCUT2D eigenvalue weighted by molar-refractivity contribution is 6.04. The number of esters is 1. The number of carbonyl (C=O) groups is 2. The molecule has 0 unspecified atom stereocenters. The van der Waals surface area contributed by atoms with Crippen LogP contribution in [0, 0.1) is 0 Å². The van der Waals surface area contributed by atoms with Gasteiger partial charge in [0.1, 0.15) is 5.75 Å². The fourth-order valence-corrected chi connectivity index (χ4v) is 2.24. The predicted molar refractivity (Wildman–Crippen MR) is 102 cm³/mol. The number of hydrogen-bond donors (Lipinski definition) is 1. The second-order valence-electron chi connectivity index (χ2n) is 5.90. The molecule has 5 nitrogen and oxygen atoms in total. The third kappa shape index (κ3) is 5.92. The van der Waals surface area contributed by atoms with E-state index in [1.807, 2.05) is 6.92 Å². The first kappa shape index (κ1) is 19.5. The van der Waals surface area contributed by atoms with Crippen LogP contribution in [0.4, 0.5) is 5.69 Å². The van der Waals surface area contributed by atoms with Gasteiger partial charge in [-0.1, -0.05) is 26.3 Å². The summed E-state index contributed by atoms with van der Waals surface area (Å²) in [4.78, 5) is 24.3. The first-order valence-electron chi connectivity index (χ1n) is 8.95. The number of benzene rings is 2. The Morgan fingerprint density at radius 3 is 2.38 bits per heavy atom. The van der Waals surface area contributed by atoms with Gasteiger partial charge in [-0.15, -0.1) is 0 Å². The molecule has 2 aromatic rings. The number of unbranched alkanes of at least 4 members (excludes halogenated alkanes) is 1. The van der Waals surface area contributed by atoms with E-state index in [9.17, 15) is 9.59 Å². The van der Waals surface area contributed by atoms with E-state index in [1.54, 1.807) is 48.5 Å². The zero-order valence-electron chi connectivity index (χ0n) is 15.3. The number of hydrogen-bond acceptors (Lipinski definition) is 4. The minimum atomic E-state index is -0.392. The second kappa shape index (κ2) is 10.2. The molecule has 26 heavy (non-hydrogen) atoms. The summed E-state index contributed by atoms with van der Waals surface area (Å²) in [7, 11) is 0. The van der Waals surface area contributed by atoms with Crippen molar-refractivity contribution in [3.05, 3.63) is 59.7 Å². The largest absolute Gasteiger partial charge is 0.494 e. The Kier molecular flexibility index (Phi) is 7.68. The van der Waals surface area contributed by atoms with Crippen molar-refractivity contribution < 1.29 is 19.1 Å². The minimum Gasteiger partial charge on any atom is -0.494 e. The molecule has 0 aliphatic heterocycles. The first-order chi connectivity index (χ1) is 12.6. The molecule has 0 bridgehead atoms. The summed E-state index contributed by atoms with van der Waals surface area (Å²) in [5.41, 5.74) is 1.48. The summed E-state index contributed by atoms with van der Waals surface area (Å²) in [6, 6.07) is 13.7. The maximum Gasteiger partial charge on any atom is 0.338 e. The van der Waals surface area contributed by atoms with Crippen LogP contribution in [-0.2, 0) is 4.74 Å². The molecular formula is C21H25NO4. The zero-order chi connectivity index (χ0) is 18.8. The summed E-state index contributed by atoms with van der Waals surface area (Å²) in [5, 5.41) is 2.79. The van der Waals surface area contributed by atoms with Gasteiger partial charge in [-0.3, -0.25) is 4.79 Å². The summed E-state index contributed by atoms with van der Waals surface area (Å²) in [5.74, 6) is 0.108. The average molecular weight is 355 g/mol. The molecule has 0 saturated carbocycles. The van der Waals surface area contributed by atoms with E-state index in [0.29, 0.717) is 30.0 Å². The number of ether oxygens (including phenoxy) is 2. The highest BCUT2D eigenvalue weighted by Gasteiger charge is 2.10. The summed E-state index contributed by atoms with van der Waals surface area (Å²) >= 11 is 0. The van der Waals surface area contributed by atoms with Crippen LogP contribution in [0.3, 0.4) is 0 Å². The van der Waals surface area contributed by atoms with Gasteiger partial charge in [0.2, 0.25) is 0 Å². The lowest BCUT2D eigenvalue weighted by Crippen LogP contribution is -2.13. The molecule has 0 spiro atoms. The first-order valence-corrected chi connectivity index (χ1v) is 8.95. The number of rotatable bonds is 9. The molecule has 0 heterocycles. The summed E-state index contributed by atoms with van der Waals surface area (Å²) < 4.78 is 10.7. The van der Waals surface area contributed by atoms with Crippen LogP contribution in [0.15, 0.2) is 48.5 Å². The molecular weight excluding hydrogens is 330 g/mol. The third-order valence-electron chi connectivity index (χ3n) is 3.68. The Bertz CT molecular complexity index is 725. The Balaban J connectivity index is 1.97. The van der Waals surface area contributed by atoms with Gasteiger partial charge in [0, 0.05) is 11.3 Å². The van der Waals surface area contributed by atoms with E-state index in [-0.39, 0.29) is 5.91 Å². The van der Waals surface area contributed by atoms with Crippen LogP contribution in [0.25, 0.3) is 0 Å². The Morgan fingerprint density at radius 2 is 1.69 bits per heavy atom. The summed E-state index contributed by atoms with van der Waals surface area (Å²) in [6.45, 7) is 5.09. The van der Waals surface area contributed by atoms with E-state index in [4.69, 9.17) is 9.47 Å². The fourth-order valence-electron chi connectivity index (χ4n) is 2.24. The van der Waals surface area contributed by atoms with Crippen molar-refractivity contribution in [2.24, 2.45) is 0 Å². The average Bonchev–Trinajstić information content (AvgIpc) is 2.67. The molecule has 0 aliphatic rings. The lowest BCUT2D eigenvalue weighted by Gasteiger charge is -2.09. The second-order valence-corrected chi connectivity index (χ2v) is 5.90. The van der Waals surface area contributed by atoms with Crippen molar-refractivity contribution in [3.8, 4) is 5.75 Å². The third-order valence-corrected chi connectivity index (χ3v) is 3.68. The van der Waals surface area contributed by atoms with Crippen molar-refractivity contribution in [3.63, 3.8) is 0 Å². The van der Waals surface area contributed by atoms with Gasteiger partial charge < -0.3 is 14.8 Å². The zero-order valence-corrected chi connectivity index (χ0v) is 15.3. The number of carbonyl (C=O) groups excluding carboxylic acids is 2. The lowest BCUT2D eigenvalue weighted by atomic mass is 10.1. The molecule has 1 N–H and O–H groups in total. The molecule has 2 aromatic carbocycles. The van der Waals surface area contributed by atoms with Gasteiger partial charge >= 0.3 is 5.97 Å². The Morgan fingerprint density at radius 1 is 0.923 bits per heavy atom. The topological polar surface area (TPSA) is 64.6 Å². The van der Waals surface area contributed by atoms with E-state index in [2.05, 4.69) is 12.2 Å². The van der Waals surface area contributed by atoms with E-state index < -0.39 is 5.97 Å². The van der Waals surface area contributed by atoms with Crippen molar-refractivity contribution in [2.45, 2.75) is 33.1 Å². The van der Waals surface area contributed by atoms with Gasteiger partial charge in [-0.25, -0.2) is 4.79 Å². The van der Waals surface area contributed by atoms with Crippen LogP contribution in [0.1, 0.15) is 53.8 Å². The monoisotopic (exact) mass is 355 g/mol. The molecule has 0 atom stereocenters. The van der Waals surface area contributed by atoms with Gasteiger partial charge in [0.05, 0.1) is 18.8 Å². The van der Waals surface area contributed by atoms with Crippen LogP contribution in [-0.4, -0.2) is 25.1 Å². The summed E-state index contributed by atoms with van der Waals surface area (Å²) in [6.07, 6.45) is 2.84. The number of amides is 1. The van der Waals surface area contributed by atoms with Crippen molar-refractivity contribution >= 4 is 17.6 Å². The van der Waals surface area contributed by atoms with E-state index in [0.717, 1.165) is 25.0 Å². The van der Waals surface area contributed by atoms with Crippen LogP contribution in [0.5, 0.6) is 5.75 Å².